The van der Waals surface area contributed by atoms with Gasteiger partial charge in [0.1, 0.15) is 0 Å². The number of hydrogen-bond acceptors (Lipinski definition) is 3. The lowest BCUT2D eigenvalue weighted by Gasteiger charge is -2.01. The number of aliphatic hydroxyl groups excluding tert-OH is 1. The van der Waals surface area contributed by atoms with Gasteiger partial charge in [-0.15, -0.1) is 0 Å². The fourth-order valence-corrected chi connectivity index (χ4v) is 3.83. The first-order valence-electron chi connectivity index (χ1n) is 4.42. The van der Waals surface area contributed by atoms with E-state index in [2.05, 4.69) is 15.9 Å². The van der Waals surface area contributed by atoms with E-state index in [0.29, 0.717) is 10.5 Å². The van der Waals surface area contributed by atoms with E-state index in [9.17, 15) is 8.42 Å². The molecule has 0 radical (unpaired) electrons. The zero-order chi connectivity index (χ0) is 11.1. The highest BCUT2D eigenvalue weighted by Gasteiger charge is 2.29. The molecule has 15 heavy (non-hydrogen) atoms. The van der Waals surface area contributed by atoms with Gasteiger partial charge in [0.25, 0.3) is 0 Å². The van der Waals surface area contributed by atoms with E-state index in [1.54, 1.807) is 24.3 Å². The highest BCUT2D eigenvalue weighted by molar-refractivity contribution is 9.10. The highest BCUT2D eigenvalue weighted by Crippen LogP contribution is 2.37. The third kappa shape index (κ3) is 1.64. The summed E-state index contributed by atoms with van der Waals surface area (Å²) in [6, 6.07) is 5.07. The number of fused-ring (bicyclic) bond motifs is 1. The van der Waals surface area contributed by atoms with Crippen LogP contribution in [0.15, 0.2) is 32.5 Å². The lowest BCUT2D eigenvalue weighted by atomic mass is 10.2. The van der Waals surface area contributed by atoms with Crippen LogP contribution in [-0.2, 0) is 9.84 Å². The molecule has 0 saturated heterocycles. The van der Waals surface area contributed by atoms with Gasteiger partial charge in [-0.2, -0.15) is 0 Å². The van der Waals surface area contributed by atoms with Crippen molar-refractivity contribution in [1.82, 2.24) is 0 Å². The molecular weight excluding hydrogens is 280 g/mol. The van der Waals surface area contributed by atoms with Crippen LogP contribution in [0.25, 0.3) is 6.08 Å². The first-order valence-corrected chi connectivity index (χ1v) is 6.70. The van der Waals surface area contributed by atoms with Crippen molar-refractivity contribution in [3.63, 3.8) is 0 Å². The molecule has 1 N–H and O–H groups in total. The van der Waals surface area contributed by atoms with Crippen LogP contribution in [0, 0.1) is 0 Å². The zero-order valence-corrected chi connectivity index (χ0v) is 10.2. The quantitative estimate of drug-likeness (QED) is 0.905. The Hall–Kier alpha value is -0.650. The van der Waals surface area contributed by atoms with Crippen LogP contribution in [0.1, 0.15) is 12.0 Å². The summed E-state index contributed by atoms with van der Waals surface area (Å²) in [5.41, 5.74) is 0.681. The van der Waals surface area contributed by atoms with Crippen molar-refractivity contribution in [2.45, 2.75) is 11.3 Å². The Morgan fingerprint density at radius 2 is 2.07 bits per heavy atom. The van der Waals surface area contributed by atoms with Crippen LogP contribution in [0.2, 0.25) is 0 Å². The summed E-state index contributed by atoms with van der Waals surface area (Å²) in [5.74, 6) is 0. The van der Waals surface area contributed by atoms with Gasteiger partial charge in [-0.25, -0.2) is 8.42 Å². The number of rotatable bonds is 2. The number of hydrogen-bond donors (Lipinski definition) is 1. The van der Waals surface area contributed by atoms with Gasteiger partial charge in [-0.3, -0.25) is 0 Å². The van der Waals surface area contributed by atoms with Crippen LogP contribution in [0.3, 0.4) is 0 Å². The van der Waals surface area contributed by atoms with Crippen LogP contribution >= 0.6 is 15.9 Å². The first kappa shape index (κ1) is 10.9. The smallest absolute Gasteiger partial charge is 0.203 e. The molecule has 1 aromatic rings. The summed E-state index contributed by atoms with van der Waals surface area (Å²) in [7, 11) is -3.36. The van der Waals surface area contributed by atoms with E-state index >= 15 is 0 Å². The molecule has 2 rings (SSSR count). The minimum atomic E-state index is -3.36. The van der Waals surface area contributed by atoms with Gasteiger partial charge < -0.3 is 5.11 Å². The summed E-state index contributed by atoms with van der Waals surface area (Å²) < 4.78 is 24.6. The molecule has 0 aliphatic carbocycles. The normalized spacial score (nSPS) is 17.3. The third-order valence-corrected chi connectivity index (χ3v) is 4.95. The maximum atomic E-state index is 11.9. The molecule has 0 aromatic heterocycles. The molecular formula is C10H9BrO3S. The fraction of sp³-hybridized carbons (Fsp3) is 0.200. The maximum Gasteiger partial charge on any atom is 0.203 e. The van der Waals surface area contributed by atoms with Crippen LogP contribution < -0.4 is 0 Å². The molecule has 3 nitrogen and oxygen atoms in total. The lowest BCUT2D eigenvalue weighted by molar-refractivity contribution is 0.301. The summed E-state index contributed by atoms with van der Waals surface area (Å²) in [6.45, 7) is -0.156. The molecule has 0 bridgehead atoms. The Kier molecular flexibility index (Phi) is 2.70. The van der Waals surface area contributed by atoms with Crippen molar-refractivity contribution in [3.05, 3.63) is 33.1 Å². The van der Waals surface area contributed by atoms with Crippen molar-refractivity contribution in [3.8, 4) is 0 Å². The average Bonchev–Trinajstić information content (AvgIpc) is 2.43. The number of sulfone groups is 1. The van der Waals surface area contributed by atoms with Crippen molar-refractivity contribution in [2.24, 2.45) is 0 Å². The van der Waals surface area contributed by atoms with E-state index in [1.807, 2.05) is 0 Å². The Morgan fingerprint density at radius 3 is 2.67 bits per heavy atom. The van der Waals surface area contributed by atoms with Crippen molar-refractivity contribution in [2.75, 3.05) is 6.61 Å². The van der Waals surface area contributed by atoms with Crippen molar-refractivity contribution in [1.29, 1.82) is 0 Å². The molecule has 0 saturated carbocycles. The number of halogens is 1. The molecule has 1 heterocycles. The average molecular weight is 289 g/mol. The zero-order valence-electron chi connectivity index (χ0n) is 7.77. The second-order valence-electron chi connectivity index (χ2n) is 3.24. The van der Waals surface area contributed by atoms with E-state index in [-0.39, 0.29) is 17.9 Å². The van der Waals surface area contributed by atoms with Crippen molar-refractivity contribution >= 4 is 31.8 Å². The predicted molar refractivity (Wildman–Crippen MR) is 61.0 cm³/mol. The Balaban J connectivity index is 2.64. The molecule has 5 heteroatoms. The van der Waals surface area contributed by atoms with Gasteiger partial charge in [-0.1, -0.05) is 22.0 Å². The first-order chi connectivity index (χ1) is 7.07. The van der Waals surface area contributed by atoms with Gasteiger partial charge in [-0.05, 0) is 18.2 Å². The molecule has 0 atom stereocenters. The van der Waals surface area contributed by atoms with Crippen molar-refractivity contribution < 1.29 is 13.5 Å². The SMILES string of the molecule is O=S1(=O)C(CCO)=Cc2c(Br)cccc21. The molecule has 0 unspecified atom stereocenters. The maximum absolute atomic E-state index is 11.9. The molecule has 1 aliphatic heterocycles. The van der Waals surface area contributed by atoms with E-state index in [4.69, 9.17) is 5.11 Å². The summed E-state index contributed by atoms with van der Waals surface area (Å²) in [5, 5.41) is 8.79. The van der Waals surface area contributed by atoms with Gasteiger partial charge in [0, 0.05) is 23.1 Å². The number of benzene rings is 1. The van der Waals surface area contributed by atoms with Crippen LogP contribution in [0.4, 0.5) is 0 Å². The summed E-state index contributed by atoms with van der Waals surface area (Å²) in [6.07, 6.45) is 1.79. The fourth-order valence-electron chi connectivity index (χ4n) is 1.59. The molecule has 0 fully saturated rings. The number of aliphatic hydroxyl groups is 1. The van der Waals surface area contributed by atoms with Crippen LogP contribution in [-0.4, -0.2) is 20.1 Å². The Morgan fingerprint density at radius 1 is 1.33 bits per heavy atom. The molecule has 1 aliphatic rings. The minimum Gasteiger partial charge on any atom is -0.396 e. The molecule has 0 amide bonds. The second kappa shape index (κ2) is 3.73. The lowest BCUT2D eigenvalue weighted by Crippen LogP contribution is -2.02. The highest BCUT2D eigenvalue weighted by atomic mass is 79.9. The van der Waals surface area contributed by atoms with E-state index in [1.165, 1.54) is 0 Å². The van der Waals surface area contributed by atoms with E-state index < -0.39 is 9.84 Å². The van der Waals surface area contributed by atoms with Gasteiger partial charge in [0.05, 0.1) is 9.80 Å². The van der Waals surface area contributed by atoms with Crippen LogP contribution in [0.5, 0.6) is 0 Å². The van der Waals surface area contributed by atoms with Gasteiger partial charge in [0.2, 0.25) is 9.84 Å². The largest absolute Gasteiger partial charge is 0.396 e. The monoisotopic (exact) mass is 288 g/mol. The molecule has 80 valence electrons. The van der Waals surface area contributed by atoms with E-state index in [0.717, 1.165) is 4.47 Å². The molecule has 0 spiro atoms. The summed E-state index contributed by atoms with van der Waals surface area (Å²) >= 11 is 3.31. The third-order valence-electron chi connectivity index (χ3n) is 2.31. The molecule has 1 aromatic carbocycles. The predicted octanol–water partition coefficient (Wildman–Crippen LogP) is 1.96. The Bertz CT molecular complexity index is 532. The topological polar surface area (TPSA) is 54.4 Å². The standard InChI is InChI=1S/C10H9BrO3S/c11-9-2-1-3-10-8(9)6-7(4-5-12)15(10,13)14/h1-3,6,12H,4-5H2. The Labute approximate surface area is 96.5 Å². The second-order valence-corrected chi connectivity index (χ2v) is 6.06. The minimum absolute atomic E-state index is 0.156. The van der Waals surface area contributed by atoms with Gasteiger partial charge in [0.15, 0.2) is 0 Å². The summed E-state index contributed by atoms with van der Waals surface area (Å²) in [4.78, 5) is 0.604. The van der Waals surface area contributed by atoms with Gasteiger partial charge >= 0.3 is 0 Å².